The molecule has 1 aliphatic rings. The molecule has 0 aromatic heterocycles. The molecule has 1 rings (SSSR count). The van der Waals surface area contributed by atoms with Crippen LogP contribution >= 0.6 is 24.2 Å². The number of thioether (sulfide) groups is 1. The fraction of sp³-hybridized carbons (Fsp3) is 0.571. The van der Waals surface area contributed by atoms with Crippen LogP contribution < -0.4 is 5.73 Å². The minimum Gasteiger partial charge on any atom is -0.389 e. The zero-order valence-electron chi connectivity index (χ0n) is 7.86. The van der Waals surface area contributed by atoms with E-state index in [-0.39, 0.29) is 18.0 Å². The van der Waals surface area contributed by atoms with E-state index in [1.807, 2.05) is 13.8 Å². The molecule has 80 valence electrons. The molecule has 0 amide bonds. The highest BCUT2D eigenvalue weighted by molar-refractivity contribution is 8.27. The lowest BCUT2D eigenvalue weighted by Gasteiger charge is -2.12. The van der Waals surface area contributed by atoms with Crippen molar-refractivity contribution in [2.75, 3.05) is 0 Å². The fourth-order valence-electron chi connectivity index (χ4n) is 0.820. The average molecular weight is 238 g/mol. The molecule has 0 bridgehead atoms. The molecule has 7 heteroatoms. The first-order chi connectivity index (χ1) is 5.91. The predicted octanol–water partition coefficient (Wildman–Crippen LogP) is 1.12. The van der Waals surface area contributed by atoms with Crippen molar-refractivity contribution in [1.29, 1.82) is 5.41 Å². The average Bonchev–Trinajstić information content (AvgIpc) is 2.30. The van der Waals surface area contributed by atoms with Gasteiger partial charge in [0.1, 0.15) is 10.6 Å². The van der Waals surface area contributed by atoms with E-state index in [1.165, 1.54) is 0 Å². The van der Waals surface area contributed by atoms with E-state index in [0.29, 0.717) is 11.5 Å². The van der Waals surface area contributed by atoms with E-state index in [2.05, 4.69) is 5.16 Å². The van der Waals surface area contributed by atoms with Gasteiger partial charge in [0.25, 0.3) is 5.12 Å². The Bertz CT molecular complexity index is 291. The van der Waals surface area contributed by atoms with Gasteiger partial charge in [-0.3, -0.25) is 10.2 Å². The second kappa shape index (κ2) is 4.65. The van der Waals surface area contributed by atoms with Gasteiger partial charge in [-0.05, 0) is 25.6 Å². The normalized spacial score (nSPS) is 17.7. The van der Waals surface area contributed by atoms with E-state index in [1.54, 1.807) is 0 Å². The highest BCUT2D eigenvalue weighted by Gasteiger charge is 2.30. The molecule has 0 radical (unpaired) electrons. The number of nitrogens with one attached hydrogen (secondary N) is 1. The molecule has 1 aliphatic heterocycles. The zero-order chi connectivity index (χ0) is 10.1. The molecule has 0 fully saturated rings. The lowest BCUT2D eigenvalue weighted by molar-refractivity contribution is -0.105. The molecular formula is C7H12ClN3O2S. The van der Waals surface area contributed by atoms with E-state index >= 15 is 0 Å². The lowest BCUT2D eigenvalue weighted by atomic mass is 10.1. The number of amidine groups is 1. The zero-order valence-corrected chi connectivity index (χ0v) is 9.50. The first-order valence-electron chi connectivity index (χ1n) is 3.72. The summed E-state index contributed by atoms with van der Waals surface area (Å²) in [4.78, 5) is 16.0. The molecule has 0 aromatic rings. The van der Waals surface area contributed by atoms with E-state index in [9.17, 15) is 4.79 Å². The third-order valence-corrected chi connectivity index (χ3v) is 2.26. The quantitative estimate of drug-likeness (QED) is 0.488. The molecule has 0 aromatic carbocycles. The highest BCUT2D eigenvalue weighted by Crippen LogP contribution is 2.27. The molecule has 1 heterocycles. The van der Waals surface area contributed by atoms with Gasteiger partial charge in [-0.1, -0.05) is 5.16 Å². The van der Waals surface area contributed by atoms with Crippen LogP contribution in [0.3, 0.4) is 0 Å². The smallest absolute Gasteiger partial charge is 0.259 e. The van der Waals surface area contributed by atoms with Crippen LogP contribution in [0.2, 0.25) is 0 Å². The summed E-state index contributed by atoms with van der Waals surface area (Å²) in [5.74, 6) is -0.461. The number of hydrogen-bond acceptors (Lipinski definition) is 5. The summed E-state index contributed by atoms with van der Waals surface area (Å²) in [6, 6.07) is 0. The third kappa shape index (κ3) is 3.55. The molecule has 5 nitrogen and oxygen atoms in total. The molecule has 0 saturated carbocycles. The third-order valence-electron chi connectivity index (χ3n) is 1.40. The topological polar surface area (TPSA) is 88.5 Å². The summed E-state index contributed by atoms with van der Waals surface area (Å²) in [5, 5.41) is 10.7. The Morgan fingerprint density at radius 2 is 2.29 bits per heavy atom. The van der Waals surface area contributed by atoms with Gasteiger partial charge in [-0.15, -0.1) is 12.4 Å². The molecule has 3 N–H and O–H groups in total. The number of carbonyl (C=O) groups is 1. The van der Waals surface area contributed by atoms with Gasteiger partial charge in [0.2, 0.25) is 0 Å². The Hall–Kier alpha value is -0.750. The van der Waals surface area contributed by atoms with Gasteiger partial charge < -0.3 is 10.6 Å². The van der Waals surface area contributed by atoms with Crippen LogP contribution in [0.15, 0.2) is 5.16 Å². The first kappa shape index (κ1) is 13.2. The molecule has 0 atom stereocenters. The molecule has 14 heavy (non-hydrogen) atoms. The number of hydrogen-bond donors (Lipinski definition) is 2. The number of nitrogens with two attached hydrogens (primary N) is 1. The van der Waals surface area contributed by atoms with Crippen LogP contribution in [0.5, 0.6) is 0 Å². The van der Waals surface area contributed by atoms with Crippen molar-refractivity contribution in [1.82, 2.24) is 0 Å². The molecule has 0 unspecified atom stereocenters. The maximum Gasteiger partial charge on any atom is 0.259 e. The van der Waals surface area contributed by atoms with Crippen molar-refractivity contribution in [3.05, 3.63) is 0 Å². The summed E-state index contributed by atoms with van der Waals surface area (Å²) in [6.07, 6.45) is 0.580. The second-order valence-electron chi connectivity index (χ2n) is 3.32. The van der Waals surface area contributed by atoms with Gasteiger partial charge in [-0.25, -0.2) is 0 Å². The van der Waals surface area contributed by atoms with E-state index < -0.39 is 11.0 Å². The van der Waals surface area contributed by atoms with Crippen molar-refractivity contribution < 1.29 is 9.63 Å². The number of nitrogens with zero attached hydrogens (tertiary/aromatic N) is 1. The first-order valence-corrected chi connectivity index (χ1v) is 4.53. The summed E-state index contributed by atoms with van der Waals surface area (Å²) < 4.78 is 0. The lowest BCUT2D eigenvalue weighted by Crippen LogP contribution is -2.22. The molecule has 0 aliphatic carbocycles. The van der Waals surface area contributed by atoms with Crippen LogP contribution in [-0.2, 0) is 9.63 Å². The summed E-state index contributed by atoms with van der Waals surface area (Å²) in [7, 11) is 0. The van der Waals surface area contributed by atoms with Crippen LogP contribution in [-0.4, -0.2) is 21.6 Å². The largest absolute Gasteiger partial charge is 0.389 e. The van der Waals surface area contributed by atoms with Gasteiger partial charge in [0, 0.05) is 6.42 Å². The molecular weight excluding hydrogens is 226 g/mol. The van der Waals surface area contributed by atoms with Gasteiger partial charge in [0.05, 0.1) is 0 Å². The van der Waals surface area contributed by atoms with Crippen LogP contribution in [0.25, 0.3) is 0 Å². The van der Waals surface area contributed by atoms with Crippen LogP contribution in [0.1, 0.15) is 20.3 Å². The molecule has 0 saturated heterocycles. The predicted molar refractivity (Wildman–Crippen MR) is 59.0 cm³/mol. The number of halogens is 1. The summed E-state index contributed by atoms with van der Waals surface area (Å²) >= 11 is 0.854. The Balaban J connectivity index is 0.00000169. The van der Waals surface area contributed by atoms with Crippen LogP contribution in [0, 0.1) is 5.41 Å². The number of rotatable bonds is 0. The SMILES string of the molecule is CC1(C)CC(SC(=O)C(=N)N)=NO1.Cl. The van der Waals surface area contributed by atoms with Crippen molar-refractivity contribution in [2.24, 2.45) is 10.9 Å². The van der Waals surface area contributed by atoms with E-state index in [0.717, 1.165) is 11.8 Å². The van der Waals surface area contributed by atoms with Crippen molar-refractivity contribution >= 4 is 40.2 Å². The fourth-order valence-corrected chi connectivity index (χ4v) is 1.64. The van der Waals surface area contributed by atoms with Crippen molar-refractivity contribution in [2.45, 2.75) is 25.9 Å². The second-order valence-corrected chi connectivity index (χ2v) is 4.36. The summed E-state index contributed by atoms with van der Waals surface area (Å²) in [6.45, 7) is 3.75. The summed E-state index contributed by atoms with van der Waals surface area (Å²) in [5.41, 5.74) is 4.65. The Morgan fingerprint density at radius 1 is 1.71 bits per heavy atom. The van der Waals surface area contributed by atoms with Crippen molar-refractivity contribution in [3.63, 3.8) is 0 Å². The van der Waals surface area contributed by atoms with Gasteiger partial charge >= 0.3 is 0 Å². The Kier molecular flexibility index (Phi) is 4.41. The minimum atomic E-state index is -0.486. The van der Waals surface area contributed by atoms with Crippen LogP contribution in [0.4, 0.5) is 0 Å². The standard InChI is InChI=1S/C7H11N3O2S.ClH/c1-7(2)3-4(10-12-7)13-6(11)5(8)9;/h3H2,1-2H3,(H3,8,9);1H. The minimum absolute atomic E-state index is 0. The number of carbonyl (C=O) groups excluding carboxylic acids is 1. The number of oxime groups is 1. The Labute approximate surface area is 92.3 Å². The van der Waals surface area contributed by atoms with Crippen molar-refractivity contribution in [3.8, 4) is 0 Å². The van der Waals surface area contributed by atoms with Gasteiger partial charge in [0.15, 0.2) is 5.84 Å². The monoisotopic (exact) mass is 237 g/mol. The van der Waals surface area contributed by atoms with E-state index in [4.69, 9.17) is 16.0 Å². The molecule has 0 spiro atoms. The van der Waals surface area contributed by atoms with Gasteiger partial charge in [-0.2, -0.15) is 0 Å². The highest BCUT2D eigenvalue weighted by atomic mass is 35.5. The Morgan fingerprint density at radius 3 is 2.64 bits per heavy atom. The maximum atomic E-state index is 11.0. The maximum absolute atomic E-state index is 11.0.